The Balaban J connectivity index is 1.60. The van der Waals surface area contributed by atoms with Crippen LogP contribution in [0.4, 0.5) is 10.1 Å². The van der Waals surface area contributed by atoms with E-state index in [9.17, 15) is 14.0 Å². The number of halogens is 1. The summed E-state index contributed by atoms with van der Waals surface area (Å²) in [5, 5.41) is 3.14. The lowest BCUT2D eigenvalue weighted by atomic mass is 9.94. The fourth-order valence-corrected chi connectivity index (χ4v) is 7.55. The number of carbonyl (C=O) groups excluding carboxylic acids is 2. The Bertz CT molecular complexity index is 1690. The summed E-state index contributed by atoms with van der Waals surface area (Å²) in [5.74, 6) is -0.825. The molecule has 0 bridgehead atoms. The van der Waals surface area contributed by atoms with E-state index in [0.717, 1.165) is 28.1 Å². The molecule has 2 heterocycles. The van der Waals surface area contributed by atoms with Crippen molar-refractivity contribution in [2.24, 2.45) is 0 Å². The molecule has 1 aromatic heterocycles. The van der Waals surface area contributed by atoms with Crippen molar-refractivity contribution in [2.45, 2.75) is 96.7 Å². The van der Waals surface area contributed by atoms with Gasteiger partial charge in [-0.2, -0.15) is 0 Å². The van der Waals surface area contributed by atoms with E-state index >= 15 is 0 Å². The second-order valence-electron chi connectivity index (χ2n) is 14.3. The van der Waals surface area contributed by atoms with E-state index in [1.165, 1.54) is 12.1 Å². The zero-order valence-electron chi connectivity index (χ0n) is 28.6. The van der Waals surface area contributed by atoms with E-state index in [2.05, 4.69) is 57.6 Å². The van der Waals surface area contributed by atoms with Crippen LogP contribution in [0, 0.1) is 5.82 Å². The zero-order valence-corrected chi connectivity index (χ0v) is 29.6. The Hall–Kier alpha value is -4.01. The van der Waals surface area contributed by atoms with E-state index < -0.39 is 8.32 Å². The monoisotopic (exact) mass is 654 g/mol. The standard InChI is InChI=1S/C39H47FN2O4Si/c1-26(2)36-35(38(44)41-30-16-12-9-13-17-30)34(27-14-10-8-11-15-27)37(28-18-20-29(40)21-19-28)42(36)23-22-31-24-32(25-33(43)45-31)46-47(6,7)39(3,4)5/h8-21,26,31-32H,22-25H2,1-7H3,(H,41,44). The number of cyclic esters (lactones) is 1. The number of benzene rings is 3. The SMILES string of the molecule is CC(C)c1c(C(=O)Nc2ccccc2)c(-c2ccccc2)c(-c2ccc(F)cc2)n1CCC1CC(O[Si](C)(C)C(C)(C)C)CC(=O)O1. The van der Waals surface area contributed by atoms with Crippen molar-refractivity contribution < 1.29 is 23.1 Å². The average molecular weight is 655 g/mol. The second-order valence-corrected chi connectivity index (χ2v) is 19.1. The Kier molecular flexibility index (Phi) is 10.2. The molecule has 248 valence electrons. The second kappa shape index (κ2) is 14.0. The molecule has 1 amide bonds. The van der Waals surface area contributed by atoms with Crippen molar-refractivity contribution in [3.05, 3.63) is 102 Å². The first-order chi connectivity index (χ1) is 22.2. The van der Waals surface area contributed by atoms with Crippen molar-refractivity contribution in [3.8, 4) is 22.4 Å². The van der Waals surface area contributed by atoms with Crippen LogP contribution in [-0.2, 0) is 20.5 Å². The minimum atomic E-state index is -2.09. The highest BCUT2D eigenvalue weighted by Crippen LogP contribution is 2.43. The Morgan fingerprint density at radius 2 is 1.60 bits per heavy atom. The molecule has 0 saturated carbocycles. The number of carbonyl (C=O) groups is 2. The molecule has 0 radical (unpaired) electrons. The van der Waals surface area contributed by atoms with Crippen LogP contribution in [0.2, 0.25) is 18.1 Å². The Morgan fingerprint density at radius 1 is 0.979 bits per heavy atom. The Labute approximate surface area is 279 Å². The molecule has 3 aromatic carbocycles. The molecule has 4 aromatic rings. The van der Waals surface area contributed by atoms with Crippen LogP contribution >= 0.6 is 0 Å². The normalized spacial score (nSPS) is 17.1. The fourth-order valence-electron chi connectivity index (χ4n) is 6.19. The number of hydrogen-bond donors (Lipinski definition) is 1. The van der Waals surface area contributed by atoms with Crippen LogP contribution in [0.15, 0.2) is 84.9 Å². The van der Waals surface area contributed by atoms with Gasteiger partial charge in [-0.3, -0.25) is 9.59 Å². The number of para-hydroxylation sites is 1. The highest BCUT2D eigenvalue weighted by Gasteiger charge is 2.42. The number of esters is 1. The van der Waals surface area contributed by atoms with Crippen LogP contribution in [0.5, 0.6) is 0 Å². The summed E-state index contributed by atoms with van der Waals surface area (Å²) in [6.45, 7) is 15.7. The molecule has 2 atom stereocenters. The molecule has 1 fully saturated rings. The number of hydrogen-bond acceptors (Lipinski definition) is 4. The minimum absolute atomic E-state index is 0.0236. The first kappa shape index (κ1) is 34.3. The third-order valence-electron chi connectivity index (χ3n) is 9.45. The minimum Gasteiger partial charge on any atom is -0.462 e. The Morgan fingerprint density at radius 3 is 2.19 bits per heavy atom. The van der Waals surface area contributed by atoms with Gasteiger partial charge in [-0.25, -0.2) is 4.39 Å². The van der Waals surface area contributed by atoms with Gasteiger partial charge in [-0.15, -0.1) is 0 Å². The van der Waals surface area contributed by atoms with E-state index in [1.54, 1.807) is 12.1 Å². The van der Waals surface area contributed by atoms with Crippen LogP contribution in [-0.4, -0.2) is 37.0 Å². The van der Waals surface area contributed by atoms with Gasteiger partial charge in [0.15, 0.2) is 8.32 Å². The van der Waals surface area contributed by atoms with Crippen molar-refractivity contribution in [3.63, 3.8) is 0 Å². The van der Waals surface area contributed by atoms with Crippen molar-refractivity contribution >= 4 is 25.9 Å². The van der Waals surface area contributed by atoms with E-state index in [-0.39, 0.29) is 47.3 Å². The number of nitrogens with one attached hydrogen (secondary N) is 1. The molecular formula is C39H47FN2O4Si. The van der Waals surface area contributed by atoms with Crippen molar-refractivity contribution in [2.75, 3.05) is 5.32 Å². The molecular weight excluding hydrogens is 608 g/mol. The number of aromatic nitrogens is 1. The van der Waals surface area contributed by atoms with E-state index in [4.69, 9.17) is 9.16 Å². The summed E-state index contributed by atoms with van der Waals surface area (Å²) < 4.78 is 29.0. The maximum Gasteiger partial charge on any atom is 0.308 e. The van der Waals surface area contributed by atoms with Gasteiger partial charge < -0.3 is 19.0 Å². The summed E-state index contributed by atoms with van der Waals surface area (Å²) >= 11 is 0. The van der Waals surface area contributed by atoms with Crippen LogP contribution in [0.25, 0.3) is 22.4 Å². The third-order valence-corrected chi connectivity index (χ3v) is 14.0. The molecule has 1 N–H and O–H groups in total. The van der Waals surface area contributed by atoms with Gasteiger partial charge in [-0.05, 0) is 71.6 Å². The van der Waals surface area contributed by atoms with Crippen molar-refractivity contribution in [1.82, 2.24) is 4.57 Å². The summed E-state index contributed by atoms with van der Waals surface area (Å²) in [7, 11) is -2.09. The first-order valence-corrected chi connectivity index (χ1v) is 19.5. The zero-order chi connectivity index (χ0) is 33.9. The van der Waals surface area contributed by atoms with Crippen LogP contribution < -0.4 is 5.32 Å². The summed E-state index contributed by atoms with van der Waals surface area (Å²) in [6.07, 6.45) is 0.887. The lowest BCUT2D eigenvalue weighted by Crippen LogP contribution is -2.47. The summed E-state index contributed by atoms with van der Waals surface area (Å²) in [6, 6.07) is 25.7. The predicted octanol–water partition coefficient (Wildman–Crippen LogP) is 9.82. The molecule has 1 saturated heterocycles. The van der Waals surface area contributed by atoms with Crippen LogP contribution in [0.3, 0.4) is 0 Å². The highest BCUT2D eigenvalue weighted by atomic mass is 28.4. The molecule has 1 aliphatic heterocycles. The number of amides is 1. The molecule has 47 heavy (non-hydrogen) atoms. The number of rotatable bonds is 10. The fraction of sp³-hybridized carbons (Fsp3) is 0.385. The number of ether oxygens (including phenoxy) is 1. The molecule has 6 nitrogen and oxygen atoms in total. The predicted molar refractivity (Wildman–Crippen MR) is 190 cm³/mol. The van der Waals surface area contributed by atoms with Gasteiger partial charge in [-0.1, -0.05) is 83.1 Å². The maximum atomic E-state index is 14.3. The smallest absolute Gasteiger partial charge is 0.308 e. The molecule has 1 aliphatic rings. The molecule has 2 unspecified atom stereocenters. The quantitative estimate of drug-likeness (QED) is 0.137. The van der Waals surface area contributed by atoms with Gasteiger partial charge >= 0.3 is 5.97 Å². The van der Waals surface area contributed by atoms with Gasteiger partial charge in [0.2, 0.25) is 0 Å². The topological polar surface area (TPSA) is 69.6 Å². The third kappa shape index (κ3) is 7.76. The largest absolute Gasteiger partial charge is 0.462 e. The molecule has 0 spiro atoms. The van der Waals surface area contributed by atoms with E-state index in [1.807, 2.05) is 60.7 Å². The maximum absolute atomic E-state index is 14.3. The lowest BCUT2D eigenvalue weighted by Gasteiger charge is -2.41. The van der Waals surface area contributed by atoms with Gasteiger partial charge in [0.1, 0.15) is 11.9 Å². The van der Waals surface area contributed by atoms with Gasteiger partial charge in [0, 0.05) is 36.3 Å². The first-order valence-electron chi connectivity index (χ1n) is 16.6. The van der Waals surface area contributed by atoms with Gasteiger partial charge in [0.05, 0.1) is 23.8 Å². The number of nitrogens with zero attached hydrogens (tertiary/aromatic N) is 1. The lowest BCUT2D eigenvalue weighted by molar-refractivity contribution is -0.159. The number of anilines is 1. The van der Waals surface area contributed by atoms with Crippen LogP contribution in [0.1, 0.15) is 75.9 Å². The summed E-state index contributed by atoms with van der Waals surface area (Å²) in [5.41, 5.74) is 5.44. The summed E-state index contributed by atoms with van der Waals surface area (Å²) in [4.78, 5) is 27.2. The average Bonchev–Trinajstić information content (AvgIpc) is 3.36. The van der Waals surface area contributed by atoms with Crippen molar-refractivity contribution in [1.29, 1.82) is 0 Å². The van der Waals surface area contributed by atoms with Gasteiger partial charge in [0.25, 0.3) is 5.91 Å². The molecule has 5 rings (SSSR count). The molecule has 0 aliphatic carbocycles. The molecule has 8 heteroatoms. The van der Waals surface area contributed by atoms with E-state index in [0.29, 0.717) is 30.6 Å². The highest BCUT2D eigenvalue weighted by molar-refractivity contribution is 6.74.